The fraction of sp³-hybridized carbons (Fsp3) is 0.571. The first-order chi connectivity index (χ1) is 9.17. The van der Waals surface area contributed by atoms with E-state index in [0.29, 0.717) is 5.75 Å². The number of hydrogen-bond acceptors (Lipinski definition) is 5. The van der Waals surface area contributed by atoms with Crippen molar-refractivity contribution >= 4 is 0 Å². The second-order valence-corrected chi connectivity index (χ2v) is 4.75. The van der Waals surface area contributed by atoms with E-state index < -0.39 is 0 Å². The highest BCUT2D eigenvalue weighted by atomic mass is 16.5. The van der Waals surface area contributed by atoms with Crippen molar-refractivity contribution in [3.05, 3.63) is 23.8 Å². The Morgan fingerprint density at radius 3 is 2.26 bits per heavy atom. The van der Waals surface area contributed by atoms with Crippen LogP contribution in [0.4, 0.5) is 0 Å². The van der Waals surface area contributed by atoms with Crippen LogP contribution in [0, 0.1) is 0 Å². The molecule has 0 saturated carbocycles. The number of phenols is 1. The lowest BCUT2D eigenvalue weighted by atomic mass is 10.2. The summed E-state index contributed by atoms with van der Waals surface area (Å²) in [4.78, 5) is 2.25. The van der Waals surface area contributed by atoms with E-state index in [1.807, 2.05) is 6.07 Å². The molecule has 106 valence electrons. The molecule has 1 N–H and O–H groups in total. The molecule has 1 aromatic carbocycles. The van der Waals surface area contributed by atoms with Gasteiger partial charge in [0, 0.05) is 33.9 Å². The summed E-state index contributed by atoms with van der Waals surface area (Å²) < 4.78 is 15.8. The van der Waals surface area contributed by atoms with E-state index >= 15 is 0 Å². The van der Waals surface area contributed by atoms with Crippen molar-refractivity contribution in [2.24, 2.45) is 0 Å². The van der Waals surface area contributed by atoms with E-state index in [-0.39, 0.29) is 18.0 Å². The number of methoxy groups -OCH3 is 3. The maximum atomic E-state index is 9.77. The minimum absolute atomic E-state index is 0.108. The topological polar surface area (TPSA) is 51.2 Å². The van der Waals surface area contributed by atoms with Gasteiger partial charge in [-0.15, -0.1) is 0 Å². The number of benzene rings is 1. The predicted octanol–water partition coefficient (Wildman–Crippen LogP) is 1.25. The van der Waals surface area contributed by atoms with E-state index in [4.69, 9.17) is 14.2 Å². The smallest absolute Gasteiger partial charge is 0.160 e. The lowest BCUT2D eigenvalue weighted by molar-refractivity contribution is -0.00461. The predicted molar refractivity (Wildman–Crippen MR) is 71.5 cm³/mol. The van der Waals surface area contributed by atoms with Crippen LogP contribution in [0.15, 0.2) is 18.2 Å². The third kappa shape index (κ3) is 3.18. The maximum Gasteiger partial charge on any atom is 0.160 e. The number of phenolic OH excluding ortho intramolecular Hbond substituents is 1. The second kappa shape index (κ2) is 6.23. The minimum atomic E-state index is 0.108. The molecular weight excluding hydrogens is 246 g/mol. The molecule has 1 aliphatic heterocycles. The van der Waals surface area contributed by atoms with Crippen molar-refractivity contribution < 1.29 is 19.3 Å². The zero-order chi connectivity index (χ0) is 13.8. The van der Waals surface area contributed by atoms with Crippen LogP contribution in [0.2, 0.25) is 0 Å². The van der Waals surface area contributed by atoms with E-state index in [2.05, 4.69) is 4.90 Å². The molecule has 0 spiro atoms. The van der Waals surface area contributed by atoms with E-state index in [0.717, 1.165) is 25.2 Å². The number of ether oxygens (including phenoxy) is 3. The first-order valence-corrected chi connectivity index (χ1v) is 6.31. The van der Waals surface area contributed by atoms with Gasteiger partial charge in [0.25, 0.3) is 0 Å². The number of likely N-dealkylation sites (tertiary alicyclic amines) is 1. The van der Waals surface area contributed by atoms with Crippen molar-refractivity contribution in [3.63, 3.8) is 0 Å². The molecular formula is C14H21NO4. The molecule has 0 aliphatic carbocycles. The molecule has 0 amide bonds. The molecule has 19 heavy (non-hydrogen) atoms. The van der Waals surface area contributed by atoms with Crippen molar-refractivity contribution in [2.45, 2.75) is 18.8 Å². The van der Waals surface area contributed by atoms with Gasteiger partial charge in [0.1, 0.15) is 0 Å². The van der Waals surface area contributed by atoms with Gasteiger partial charge in [-0.1, -0.05) is 6.07 Å². The summed E-state index contributed by atoms with van der Waals surface area (Å²) in [5.41, 5.74) is 1.05. The summed E-state index contributed by atoms with van der Waals surface area (Å²) in [5, 5.41) is 9.77. The summed E-state index contributed by atoms with van der Waals surface area (Å²) in [6.45, 7) is 2.43. The van der Waals surface area contributed by atoms with E-state index in [9.17, 15) is 5.11 Å². The molecule has 1 aromatic rings. The van der Waals surface area contributed by atoms with Gasteiger partial charge in [-0.05, 0) is 17.7 Å². The van der Waals surface area contributed by atoms with E-state index in [1.54, 1.807) is 33.5 Å². The quantitative estimate of drug-likeness (QED) is 0.870. The van der Waals surface area contributed by atoms with Crippen molar-refractivity contribution in [2.75, 3.05) is 34.4 Å². The summed E-state index contributed by atoms with van der Waals surface area (Å²) in [6, 6.07) is 5.48. The number of aromatic hydroxyl groups is 1. The molecule has 0 radical (unpaired) electrons. The van der Waals surface area contributed by atoms with Crippen LogP contribution in [0.25, 0.3) is 0 Å². The molecule has 0 bridgehead atoms. The highest BCUT2D eigenvalue weighted by molar-refractivity contribution is 5.41. The lowest BCUT2D eigenvalue weighted by Gasteiger charge is -2.15. The lowest BCUT2D eigenvalue weighted by Crippen LogP contribution is -2.27. The average Bonchev–Trinajstić information content (AvgIpc) is 2.81. The summed E-state index contributed by atoms with van der Waals surface area (Å²) in [7, 11) is 4.96. The molecule has 1 heterocycles. The first-order valence-electron chi connectivity index (χ1n) is 6.31. The van der Waals surface area contributed by atoms with Crippen LogP contribution in [-0.4, -0.2) is 56.6 Å². The molecule has 1 aliphatic rings. The molecule has 5 heteroatoms. The molecule has 5 nitrogen and oxygen atoms in total. The summed E-state index contributed by atoms with van der Waals surface area (Å²) >= 11 is 0. The number of hydrogen-bond donors (Lipinski definition) is 1. The van der Waals surface area contributed by atoms with Gasteiger partial charge in [-0.25, -0.2) is 0 Å². The van der Waals surface area contributed by atoms with Crippen LogP contribution in [0.1, 0.15) is 5.56 Å². The molecule has 2 rings (SSSR count). The Balaban J connectivity index is 2.00. The standard InChI is InChI=1S/C14H21NO4/c1-17-12-5-4-10(6-11(12)16)7-15-8-13(18-2)14(9-15)19-3/h4-6,13-14,16H,7-9H2,1-3H3. The molecule has 2 atom stereocenters. The van der Waals surface area contributed by atoms with Crippen molar-refractivity contribution in [3.8, 4) is 11.5 Å². The highest BCUT2D eigenvalue weighted by Gasteiger charge is 2.32. The van der Waals surface area contributed by atoms with Crippen LogP contribution in [0.5, 0.6) is 11.5 Å². The van der Waals surface area contributed by atoms with Gasteiger partial charge < -0.3 is 19.3 Å². The fourth-order valence-electron chi connectivity index (χ4n) is 2.49. The Hall–Kier alpha value is -1.30. The zero-order valence-corrected chi connectivity index (χ0v) is 11.6. The van der Waals surface area contributed by atoms with Gasteiger partial charge in [-0.3, -0.25) is 4.90 Å². The Morgan fingerprint density at radius 2 is 1.79 bits per heavy atom. The van der Waals surface area contributed by atoms with Crippen molar-refractivity contribution in [1.29, 1.82) is 0 Å². The largest absolute Gasteiger partial charge is 0.504 e. The van der Waals surface area contributed by atoms with Gasteiger partial charge in [0.2, 0.25) is 0 Å². The Labute approximate surface area is 113 Å². The normalized spacial score (nSPS) is 23.7. The Kier molecular flexibility index (Phi) is 4.63. The third-order valence-electron chi connectivity index (χ3n) is 3.55. The highest BCUT2D eigenvalue weighted by Crippen LogP contribution is 2.27. The van der Waals surface area contributed by atoms with Gasteiger partial charge in [-0.2, -0.15) is 0 Å². The van der Waals surface area contributed by atoms with Crippen LogP contribution >= 0.6 is 0 Å². The van der Waals surface area contributed by atoms with Crippen LogP contribution in [-0.2, 0) is 16.0 Å². The Morgan fingerprint density at radius 1 is 1.16 bits per heavy atom. The summed E-state index contributed by atoms with van der Waals surface area (Å²) in [5.74, 6) is 0.667. The van der Waals surface area contributed by atoms with Crippen LogP contribution < -0.4 is 4.74 Å². The molecule has 2 unspecified atom stereocenters. The maximum absolute atomic E-state index is 9.77. The van der Waals surface area contributed by atoms with Crippen LogP contribution in [0.3, 0.4) is 0 Å². The second-order valence-electron chi connectivity index (χ2n) is 4.75. The van der Waals surface area contributed by atoms with Gasteiger partial charge >= 0.3 is 0 Å². The van der Waals surface area contributed by atoms with E-state index in [1.165, 1.54) is 0 Å². The summed E-state index contributed by atoms with van der Waals surface area (Å²) in [6.07, 6.45) is 0.216. The van der Waals surface area contributed by atoms with Crippen molar-refractivity contribution in [1.82, 2.24) is 4.90 Å². The number of nitrogens with zero attached hydrogens (tertiary/aromatic N) is 1. The average molecular weight is 267 g/mol. The monoisotopic (exact) mass is 267 g/mol. The first kappa shape index (κ1) is 14.1. The molecule has 0 aromatic heterocycles. The fourth-order valence-corrected chi connectivity index (χ4v) is 2.49. The molecule has 1 fully saturated rings. The SMILES string of the molecule is COc1ccc(CN2CC(OC)C(OC)C2)cc1O. The molecule has 1 saturated heterocycles. The van der Waals surface area contributed by atoms with Gasteiger partial charge in [0.05, 0.1) is 19.3 Å². The minimum Gasteiger partial charge on any atom is -0.504 e. The number of rotatable bonds is 5. The van der Waals surface area contributed by atoms with Gasteiger partial charge in [0.15, 0.2) is 11.5 Å². The Bertz CT molecular complexity index is 412. The zero-order valence-electron chi connectivity index (χ0n) is 11.6. The third-order valence-corrected chi connectivity index (χ3v) is 3.55.